The van der Waals surface area contributed by atoms with E-state index in [-0.39, 0.29) is 60.7 Å². The number of nitrogens with zero attached hydrogens (tertiary/aromatic N) is 2. The molecule has 0 saturated heterocycles. The molecule has 0 aliphatic heterocycles. The predicted molar refractivity (Wildman–Crippen MR) is 231 cm³/mol. The summed E-state index contributed by atoms with van der Waals surface area (Å²) in [6.07, 6.45) is 0. The second-order valence-electron chi connectivity index (χ2n) is 13.6. The van der Waals surface area contributed by atoms with E-state index < -0.39 is 18.5 Å². The number of ketones is 1. The maximum Gasteiger partial charge on any atom is 0.265 e. The van der Waals surface area contributed by atoms with Crippen molar-refractivity contribution >= 4 is 56.8 Å². The fourth-order valence-electron chi connectivity index (χ4n) is 6.79. The molecule has 0 fully saturated rings. The minimum Gasteiger partial charge on any atom is -0.506 e. The number of fused-ring (bicyclic) bond motifs is 1. The van der Waals surface area contributed by atoms with Gasteiger partial charge in [-0.1, -0.05) is 139 Å². The number of carbonyl (C=O) groups excluding carboxylic acids is 1. The summed E-state index contributed by atoms with van der Waals surface area (Å²) in [5.41, 5.74) is 5.33. The molecule has 57 heavy (non-hydrogen) atoms. The molecule has 0 spiro atoms. The van der Waals surface area contributed by atoms with Crippen LogP contribution in [0.4, 0.5) is 17.1 Å². The standard InChI is InChI=1S/C31H26N2O3.C18H15OP.Eu/c1-20-8-14-23(15-9-20)33(24-16-10-21(2)11-17-24)25-18-12-22(13-19-25)29(34)28-30(35)26-6-4-5-7-27(26)32(3)31(28)36;19-20(16-10-4-1-5-11-16,17-12-6-2-7-13-17)18-14-8-3-9-15-18;/h4-19,35H,1-3H3;1-15H;. The van der Waals surface area contributed by atoms with Gasteiger partial charge in [-0.2, -0.15) is 0 Å². The number of aromatic nitrogens is 1. The number of hydrogen-bond acceptors (Lipinski definition) is 5. The smallest absolute Gasteiger partial charge is 0.265 e. The Morgan fingerprint density at radius 2 is 0.912 bits per heavy atom. The summed E-state index contributed by atoms with van der Waals surface area (Å²) >= 11 is 0. The molecule has 0 aliphatic rings. The van der Waals surface area contributed by atoms with E-state index in [0.29, 0.717) is 16.5 Å². The van der Waals surface area contributed by atoms with Crippen LogP contribution in [0.15, 0.2) is 193 Å². The molecule has 8 rings (SSSR count). The maximum atomic E-state index is 13.8. The van der Waals surface area contributed by atoms with E-state index in [4.69, 9.17) is 0 Å². The van der Waals surface area contributed by atoms with E-state index >= 15 is 0 Å². The molecule has 0 atom stereocenters. The molecule has 1 aromatic heterocycles. The molecule has 8 aromatic rings. The van der Waals surface area contributed by atoms with Gasteiger partial charge in [0.2, 0.25) is 5.78 Å². The van der Waals surface area contributed by atoms with Crippen LogP contribution < -0.4 is 26.4 Å². The normalized spacial score (nSPS) is 10.9. The van der Waals surface area contributed by atoms with Crippen LogP contribution in [0, 0.1) is 63.2 Å². The first-order valence-corrected chi connectivity index (χ1v) is 20.0. The van der Waals surface area contributed by atoms with Crippen LogP contribution in [-0.4, -0.2) is 15.5 Å². The Morgan fingerprint density at radius 3 is 1.33 bits per heavy atom. The number of hydrogen-bond donors (Lipinski definition) is 1. The van der Waals surface area contributed by atoms with Crippen molar-refractivity contribution in [1.29, 1.82) is 0 Å². The average Bonchev–Trinajstić information content (AvgIpc) is 3.25. The van der Waals surface area contributed by atoms with Crippen LogP contribution in [0.1, 0.15) is 27.0 Å². The van der Waals surface area contributed by atoms with E-state index in [9.17, 15) is 19.3 Å². The molecule has 0 amide bonds. The molecule has 1 N–H and O–H groups in total. The summed E-state index contributed by atoms with van der Waals surface area (Å²) in [6.45, 7) is 4.10. The van der Waals surface area contributed by atoms with Gasteiger partial charge >= 0.3 is 0 Å². The van der Waals surface area contributed by atoms with Gasteiger partial charge in [-0.05, 0) is 74.5 Å². The summed E-state index contributed by atoms with van der Waals surface area (Å²) in [6, 6.07) is 59.7. The van der Waals surface area contributed by atoms with Crippen molar-refractivity contribution in [2.75, 3.05) is 4.90 Å². The van der Waals surface area contributed by atoms with Crippen LogP contribution >= 0.6 is 7.14 Å². The topological polar surface area (TPSA) is 79.6 Å². The molecule has 0 aliphatic carbocycles. The molecular formula is C49H41EuN2O4P. The monoisotopic (exact) mass is 905 g/mol. The number of benzene rings is 7. The quantitative estimate of drug-likeness (QED) is 0.121. The van der Waals surface area contributed by atoms with Gasteiger partial charge in [-0.15, -0.1) is 0 Å². The first kappa shape index (κ1) is 41.5. The number of aryl methyl sites for hydroxylation is 3. The molecule has 0 saturated carbocycles. The molecule has 1 radical (unpaired) electrons. The average molecular weight is 905 g/mol. The minimum absolute atomic E-state index is 0. The van der Waals surface area contributed by atoms with Crippen molar-refractivity contribution in [3.05, 3.63) is 221 Å². The van der Waals surface area contributed by atoms with Crippen LogP contribution in [-0.2, 0) is 11.6 Å². The Labute approximate surface area is 374 Å². The number of para-hydroxylation sites is 1. The van der Waals surface area contributed by atoms with Crippen LogP contribution in [0.2, 0.25) is 0 Å². The third-order valence-electron chi connectivity index (χ3n) is 9.83. The van der Waals surface area contributed by atoms with Crippen molar-refractivity contribution in [1.82, 2.24) is 4.57 Å². The molecule has 283 valence electrons. The van der Waals surface area contributed by atoms with E-state index in [0.717, 1.165) is 33.0 Å². The van der Waals surface area contributed by atoms with Crippen molar-refractivity contribution in [3.63, 3.8) is 0 Å². The second kappa shape index (κ2) is 18.4. The number of rotatable bonds is 8. The minimum atomic E-state index is -2.78. The number of pyridine rings is 1. The predicted octanol–water partition coefficient (Wildman–Crippen LogP) is 9.89. The zero-order valence-corrected chi connectivity index (χ0v) is 35.1. The van der Waals surface area contributed by atoms with Gasteiger partial charge in [-0.25, -0.2) is 0 Å². The number of anilines is 3. The van der Waals surface area contributed by atoms with E-state index in [1.807, 2.05) is 117 Å². The largest absolute Gasteiger partial charge is 0.506 e. The molecular weight excluding hydrogens is 863 g/mol. The Morgan fingerprint density at radius 1 is 0.544 bits per heavy atom. The molecule has 0 unspecified atom stereocenters. The van der Waals surface area contributed by atoms with Gasteiger partial charge in [0.1, 0.15) is 11.3 Å². The van der Waals surface area contributed by atoms with Crippen LogP contribution in [0.5, 0.6) is 5.75 Å². The molecule has 1 heterocycles. The Balaban J connectivity index is 0.000000221. The van der Waals surface area contributed by atoms with E-state index in [1.165, 1.54) is 15.7 Å². The van der Waals surface area contributed by atoms with Crippen molar-refractivity contribution in [3.8, 4) is 5.75 Å². The van der Waals surface area contributed by atoms with Crippen LogP contribution in [0.3, 0.4) is 0 Å². The molecule has 8 heteroatoms. The molecule has 7 aromatic carbocycles. The third-order valence-corrected chi connectivity index (χ3v) is 12.9. The van der Waals surface area contributed by atoms with Gasteiger partial charge in [0.25, 0.3) is 5.56 Å². The van der Waals surface area contributed by atoms with Crippen LogP contribution in [0.25, 0.3) is 10.9 Å². The third kappa shape index (κ3) is 8.73. The van der Waals surface area contributed by atoms with Gasteiger partial charge < -0.3 is 19.1 Å². The second-order valence-corrected chi connectivity index (χ2v) is 16.4. The SMILES string of the molecule is Cc1ccc(N(c2ccc(C)cc2)c2ccc(C(=O)c3c(O)c4ccccc4n(C)c3=O)cc2)cc1.O=P(c1ccccc1)(c1ccccc1)c1ccccc1.[Eu]. The summed E-state index contributed by atoms with van der Waals surface area (Å²) in [5.74, 6) is -0.800. The van der Waals surface area contributed by atoms with Crippen molar-refractivity contribution in [2.45, 2.75) is 13.8 Å². The fourth-order valence-corrected chi connectivity index (χ4v) is 9.46. The number of aromatic hydroxyl groups is 1. The summed E-state index contributed by atoms with van der Waals surface area (Å²) in [7, 11) is -1.17. The fraction of sp³-hybridized carbons (Fsp3) is 0.0612. The van der Waals surface area contributed by atoms with Gasteiger partial charge in [0, 0.05) is 100 Å². The van der Waals surface area contributed by atoms with E-state index in [1.54, 1.807) is 43.4 Å². The number of carbonyl (C=O) groups is 1. The Hall–Kier alpha value is -5.17. The van der Waals surface area contributed by atoms with E-state index in [2.05, 4.69) is 53.4 Å². The summed E-state index contributed by atoms with van der Waals surface area (Å²) in [4.78, 5) is 28.5. The zero-order valence-electron chi connectivity index (χ0n) is 31.8. The summed E-state index contributed by atoms with van der Waals surface area (Å²) in [5, 5.41) is 13.9. The van der Waals surface area contributed by atoms with Gasteiger partial charge in [0.05, 0.1) is 5.52 Å². The molecule has 0 bridgehead atoms. The zero-order chi connectivity index (χ0) is 39.2. The van der Waals surface area contributed by atoms with Crippen molar-refractivity contribution < 1.29 is 63.8 Å². The van der Waals surface area contributed by atoms with Gasteiger partial charge in [0.15, 0.2) is 7.14 Å². The van der Waals surface area contributed by atoms with Crippen molar-refractivity contribution in [2.24, 2.45) is 7.05 Å². The first-order valence-electron chi connectivity index (χ1n) is 18.3. The first-order chi connectivity index (χ1) is 27.2. The van der Waals surface area contributed by atoms with Gasteiger partial charge in [-0.3, -0.25) is 9.59 Å². The Bertz CT molecular complexity index is 2570. The summed E-state index contributed by atoms with van der Waals surface area (Å²) < 4.78 is 15.2. The maximum absolute atomic E-state index is 13.8. The Kier molecular flexibility index (Phi) is 13.4. The molecule has 6 nitrogen and oxygen atoms in total.